The fourth-order valence-corrected chi connectivity index (χ4v) is 3.06. The summed E-state index contributed by atoms with van der Waals surface area (Å²) in [4.78, 5) is 2.43. The third-order valence-corrected chi connectivity index (χ3v) is 3.85. The van der Waals surface area contributed by atoms with Gasteiger partial charge >= 0.3 is 0 Å². The molecule has 2 heterocycles. The molecule has 0 aliphatic carbocycles. The van der Waals surface area contributed by atoms with Gasteiger partial charge in [0.2, 0.25) is 0 Å². The average molecular weight is 198 g/mol. The second-order valence-corrected chi connectivity index (χ2v) is 4.87. The summed E-state index contributed by atoms with van der Waals surface area (Å²) in [5.74, 6) is 0.787. The predicted molar refractivity (Wildman–Crippen MR) is 57.4 cm³/mol. The highest BCUT2D eigenvalue weighted by Crippen LogP contribution is 2.33. The van der Waals surface area contributed by atoms with Crippen LogP contribution < -0.4 is 5.32 Å². The number of rotatable bonds is 3. The van der Waals surface area contributed by atoms with Crippen molar-refractivity contribution in [1.82, 2.24) is 10.2 Å². The molecule has 2 unspecified atom stereocenters. The molecule has 0 aromatic carbocycles. The van der Waals surface area contributed by atoms with Crippen LogP contribution in [0.15, 0.2) is 0 Å². The number of hydrogen-bond acceptors (Lipinski definition) is 3. The molecule has 3 nitrogen and oxygen atoms in total. The Balaban J connectivity index is 2.02. The SMILES string of the molecule is COCC1(C2CCN(C)C2)CCCN1. The summed E-state index contributed by atoms with van der Waals surface area (Å²) in [5.41, 5.74) is 0.291. The van der Waals surface area contributed by atoms with Gasteiger partial charge in [-0.25, -0.2) is 0 Å². The van der Waals surface area contributed by atoms with E-state index in [1.807, 2.05) is 7.11 Å². The summed E-state index contributed by atoms with van der Waals surface area (Å²) >= 11 is 0. The van der Waals surface area contributed by atoms with Crippen LogP contribution in [0, 0.1) is 5.92 Å². The van der Waals surface area contributed by atoms with Crippen LogP contribution in [-0.2, 0) is 4.74 Å². The number of nitrogens with zero attached hydrogens (tertiary/aromatic N) is 1. The molecule has 0 saturated carbocycles. The van der Waals surface area contributed by atoms with Gasteiger partial charge in [0.1, 0.15) is 0 Å². The summed E-state index contributed by atoms with van der Waals surface area (Å²) in [6.07, 6.45) is 3.93. The molecule has 3 heteroatoms. The molecule has 2 aliphatic heterocycles. The van der Waals surface area contributed by atoms with Crippen molar-refractivity contribution in [2.75, 3.05) is 40.4 Å². The maximum atomic E-state index is 5.40. The molecule has 0 aromatic rings. The van der Waals surface area contributed by atoms with Crippen molar-refractivity contribution in [1.29, 1.82) is 0 Å². The van der Waals surface area contributed by atoms with Gasteiger partial charge in [0.15, 0.2) is 0 Å². The van der Waals surface area contributed by atoms with Gasteiger partial charge in [-0.3, -0.25) is 0 Å². The largest absolute Gasteiger partial charge is 0.383 e. The fourth-order valence-electron chi connectivity index (χ4n) is 3.06. The summed E-state index contributed by atoms with van der Waals surface area (Å²) in [5, 5.41) is 3.68. The lowest BCUT2D eigenvalue weighted by Gasteiger charge is -2.35. The lowest BCUT2D eigenvalue weighted by Crippen LogP contribution is -2.51. The molecule has 2 atom stereocenters. The average Bonchev–Trinajstić information content (AvgIpc) is 2.75. The minimum atomic E-state index is 0.291. The third-order valence-electron chi connectivity index (χ3n) is 3.85. The molecule has 0 radical (unpaired) electrons. The first kappa shape index (κ1) is 10.4. The number of hydrogen-bond donors (Lipinski definition) is 1. The van der Waals surface area contributed by atoms with E-state index in [4.69, 9.17) is 4.74 Å². The molecule has 2 aliphatic rings. The van der Waals surface area contributed by atoms with E-state index in [-0.39, 0.29) is 0 Å². The Morgan fingerprint density at radius 2 is 2.43 bits per heavy atom. The van der Waals surface area contributed by atoms with E-state index in [1.54, 1.807) is 0 Å². The quantitative estimate of drug-likeness (QED) is 0.723. The molecule has 2 fully saturated rings. The van der Waals surface area contributed by atoms with Crippen LogP contribution in [0.4, 0.5) is 0 Å². The van der Waals surface area contributed by atoms with Gasteiger partial charge in [0.25, 0.3) is 0 Å². The van der Waals surface area contributed by atoms with Gasteiger partial charge in [0, 0.05) is 19.2 Å². The van der Waals surface area contributed by atoms with Crippen molar-refractivity contribution >= 4 is 0 Å². The Bertz CT molecular complexity index is 190. The zero-order chi connectivity index (χ0) is 10.0. The maximum absolute atomic E-state index is 5.40. The van der Waals surface area contributed by atoms with Crippen molar-refractivity contribution in [3.05, 3.63) is 0 Å². The molecular formula is C11H22N2O. The summed E-state index contributed by atoms with van der Waals surface area (Å²) in [7, 11) is 4.04. The third kappa shape index (κ3) is 1.81. The summed E-state index contributed by atoms with van der Waals surface area (Å²) in [6.45, 7) is 4.53. The molecule has 2 saturated heterocycles. The van der Waals surface area contributed by atoms with E-state index in [1.165, 1.54) is 38.9 Å². The summed E-state index contributed by atoms with van der Waals surface area (Å²) in [6, 6.07) is 0. The summed E-state index contributed by atoms with van der Waals surface area (Å²) < 4.78 is 5.40. The van der Waals surface area contributed by atoms with Crippen molar-refractivity contribution in [2.45, 2.75) is 24.8 Å². The number of likely N-dealkylation sites (tertiary alicyclic amines) is 1. The second-order valence-electron chi connectivity index (χ2n) is 4.87. The first-order valence-electron chi connectivity index (χ1n) is 5.69. The number of methoxy groups -OCH3 is 1. The van der Waals surface area contributed by atoms with Crippen LogP contribution in [0.3, 0.4) is 0 Å². The zero-order valence-corrected chi connectivity index (χ0v) is 9.38. The molecule has 1 N–H and O–H groups in total. The van der Waals surface area contributed by atoms with Crippen LogP contribution in [0.1, 0.15) is 19.3 Å². The molecule has 0 spiro atoms. The zero-order valence-electron chi connectivity index (χ0n) is 9.38. The monoisotopic (exact) mass is 198 g/mol. The topological polar surface area (TPSA) is 24.5 Å². The Morgan fingerprint density at radius 3 is 2.93 bits per heavy atom. The van der Waals surface area contributed by atoms with Gasteiger partial charge in [-0.15, -0.1) is 0 Å². The normalized spacial score (nSPS) is 39.4. The van der Waals surface area contributed by atoms with Crippen molar-refractivity contribution < 1.29 is 4.74 Å². The van der Waals surface area contributed by atoms with E-state index in [0.29, 0.717) is 5.54 Å². The smallest absolute Gasteiger partial charge is 0.0647 e. The van der Waals surface area contributed by atoms with Crippen molar-refractivity contribution in [3.63, 3.8) is 0 Å². The van der Waals surface area contributed by atoms with E-state index in [0.717, 1.165) is 12.5 Å². The lowest BCUT2D eigenvalue weighted by atomic mass is 9.82. The van der Waals surface area contributed by atoms with Crippen LogP contribution in [-0.4, -0.2) is 50.8 Å². The number of ether oxygens (including phenoxy) is 1. The Morgan fingerprint density at radius 1 is 1.57 bits per heavy atom. The molecule has 0 aromatic heterocycles. The fraction of sp³-hybridized carbons (Fsp3) is 1.00. The Kier molecular flexibility index (Phi) is 3.10. The van der Waals surface area contributed by atoms with Crippen LogP contribution >= 0.6 is 0 Å². The first-order chi connectivity index (χ1) is 6.77. The maximum Gasteiger partial charge on any atom is 0.0647 e. The van der Waals surface area contributed by atoms with Crippen LogP contribution in [0.2, 0.25) is 0 Å². The predicted octanol–water partition coefficient (Wildman–Crippen LogP) is 0.707. The standard InChI is InChI=1S/C11H22N2O/c1-13-7-4-10(8-13)11(9-14-2)5-3-6-12-11/h10,12H,3-9H2,1-2H3. The van der Waals surface area contributed by atoms with Gasteiger partial charge in [-0.1, -0.05) is 0 Å². The highest BCUT2D eigenvalue weighted by molar-refractivity contribution is 5.01. The molecular weight excluding hydrogens is 176 g/mol. The molecule has 82 valence electrons. The minimum absolute atomic E-state index is 0.291. The van der Waals surface area contributed by atoms with Gasteiger partial charge in [0.05, 0.1) is 6.61 Å². The van der Waals surface area contributed by atoms with E-state index < -0.39 is 0 Å². The van der Waals surface area contributed by atoms with E-state index >= 15 is 0 Å². The molecule has 0 amide bonds. The first-order valence-corrected chi connectivity index (χ1v) is 5.69. The Labute approximate surface area is 86.8 Å². The molecule has 0 bridgehead atoms. The lowest BCUT2D eigenvalue weighted by molar-refractivity contribution is 0.0830. The van der Waals surface area contributed by atoms with E-state index in [9.17, 15) is 0 Å². The van der Waals surface area contributed by atoms with Gasteiger partial charge in [-0.2, -0.15) is 0 Å². The minimum Gasteiger partial charge on any atom is -0.383 e. The highest BCUT2D eigenvalue weighted by atomic mass is 16.5. The molecule has 2 rings (SSSR count). The van der Waals surface area contributed by atoms with Crippen molar-refractivity contribution in [3.8, 4) is 0 Å². The Hall–Kier alpha value is -0.120. The molecule has 14 heavy (non-hydrogen) atoms. The van der Waals surface area contributed by atoms with Gasteiger partial charge < -0.3 is 15.0 Å². The van der Waals surface area contributed by atoms with Crippen LogP contribution in [0.5, 0.6) is 0 Å². The number of nitrogens with one attached hydrogen (secondary N) is 1. The van der Waals surface area contributed by atoms with Crippen LogP contribution in [0.25, 0.3) is 0 Å². The van der Waals surface area contributed by atoms with E-state index in [2.05, 4.69) is 17.3 Å². The van der Waals surface area contributed by atoms with Gasteiger partial charge in [-0.05, 0) is 45.3 Å². The van der Waals surface area contributed by atoms with Crippen molar-refractivity contribution in [2.24, 2.45) is 5.92 Å². The second kappa shape index (κ2) is 4.17. The highest BCUT2D eigenvalue weighted by Gasteiger charge is 2.43.